The van der Waals surface area contributed by atoms with Crippen LogP contribution in [0.4, 0.5) is 17.1 Å². The predicted molar refractivity (Wildman–Crippen MR) is 217 cm³/mol. The molecule has 67 heavy (non-hydrogen) atoms. The minimum absolute atomic E-state index is 0. The van der Waals surface area contributed by atoms with Gasteiger partial charge in [-0.2, -0.15) is 37.2 Å². The molecule has 4 aromatic carbocycles. The Bertz CT molecular complexity index is 3170. The SMILES string of the molecule is CC1=NN(c2ccc3c(c2)C(S(=O)(=O)O)=CC(=O)/C3=N/N=C2/C(=O)C=C(NNc3ccc(O)c(C(=O)O)c3)c3cc(S(=O)(=O)O)ccc32)C(=O)C1N=Nc1ccccc1C(=O)O.[Cu].[Cu].[Na+].[Na+].[Na+]. The average Bonchev–Trinajstić information content (AvgIpc) is 3.50. The molecule has 0 bridgehead atoms. The van der Waals surface area contributed by atoms with E-state index in [9.17, 15) is 65.2 Å². The van der Waals surface area contributed by atoms with Crippen molar-refractivity contribution in [1.82, 2.24) is 5.43 Å². The number of hydrogen-bond acceptors (Lipinski definition) is 17. The monoisotopic (exact) mass is 1080 g/mol. The first-order valence-electron chi connectivity index (χ1n) is 17.4. The summed E-state index contributed by atoms with van der Waals surface area (Å²) in [5.41, 5.74) is 2.92. The molecule has 0 fully saturated rings. The number of carbonyl (C=O) groups is 5. The van der Waals surface area contributed by atoms with Gasteiger partial charge in [0.15, 0.2) is 6.04 Å². The van der Waals surface area contributed by atoms with E-state index in [0.717, 1.165) is 47.5 Å². The summed E-state index contributed by atoms with van der Waals surface area (Å²) in [5.74, 6) is -5.99. The number of carboxylic acids is 2. The summed E-state index contributed by atoms with van der Waals surface area (Å²) in [6.45, 7) is 1.45. The van der Waals surface area contributed by atoms with Crippen LogP contribution in [0.25, 0.3) is 10.6 Å². The van der Waals surface area contributed by atoms with E-state index in [4.69, 9.17) is 0 Å². The first-order chi connectivity index (χ1) is 29.2. The molecule has 336 valence electrons. The second kappa shape index (κ2) is 23.5. The van der Waals surface area contributed by atoms with Crippen LogP contribution in [0.15, 0.2) is 121 Å². The number of amides is 1. The molecule has 4 aromatic rings. The van der Waals surface area contributed by atoms with Gasteiger partial charge in [0.05, 0.1) is 38.9 Å². The number of ketones is 2. The summed E-state index contributed by atoms with van der Waals surface area (Å²) in [5, 5.41) is 49.6. The number of hydrogen-bond donors (Lipinski definition) is 7. The maximum absolute atomic E-state index is 13.6. The van der Waals surface area contributed by atoms with E-state index in [1.807, 2.05) is 0 Å². The van der Waals surface area contributed by atoms with Crippen LogP contribution in [0.3, 0.4) is 0 Å². The third-order valence-electron chi connectivity index (χ3n) is 9.21. The van der Waals surface area contributed by atoms with Crippen LogP contribution >= 0.6 is 0 Å². The summed E-state index contributed by atoms with van der Waals surface area (Å²) in [4.78, 5) is 62.1. The van der Waals surface area contributed by atoms with E-state index < -0.39 is 88.2 Å². The summed E-state index contributed by atoms with van der Waals surface area (Å²) < 4.78 is 69.1. The van der Waals surface area contributed by atoms with Crippen molar-refractivity contribution in [3.8, 4) is 5.75 Å². The van der Waals surface area contributed by atoms with Crippen LogP contribution in [-0.2, 0) is 68.8 Å². The number of phenols is 1. The summed E-state index contributed by atoms with van der Waals surface area (Å²) in [6.07, 6.45) is 1.48. The van der Waals surface area contributed by atoms with Gasteiger partial charge in [0.2, 0.25) is 11.6 Å². The van der Waals surface area contributed by atoms with Crippen molar-refractivity contribution in [2.75, 3.05) is 10.4 Å². The number of fused-ring (bicyclic) bond motifs is 2. The Kier molecular flexibility index (Phi) is 20.8. The molecule has 1 aliphatic heterocycles. The number of carboxylic acid groups (broad SMARTS) is 2. The molecule has 7 N–H and O–H groups in total. The molecule has 1 unspecified atom stereocenters. The van der Waals surface area contributed by atoms with Gasteiger partial charge in [0, 0.05) is 68.5 Å². The van der Waals surface area contributed by atoms with Gasteiger partial charge in [-0.25, -0.2) is 9.59 Å². The molecule has 0 spiro atoms. The van der Waals surface area contributed by atoms with Crippen molar-refractivity contribution in [3.05, 3.63) is 124 Å². The van der Waals surface area contributed by atoms with Gasteiger partial charge >= 0.3 is 101 Å². The van der Waals surface area contributed by atoms with Gasteiger partial charge in [-0.1, -0.05) is 18.2 Å². The smallest absolute Gasteiger partial charge is 0.507 e. The van der Waals surface area contributed by atoms with Gasteiger partial charge in [-0.15, -0.1) is 10.2 Å². The summed E-state index contributed by atoms with van der Waals surface area (Å²) in [6, 6.07) is 14.4. The minimum atomic E-state index is -5.12. The third-order valence-corrected chi connectivity index (χ3v) is 11.0. The van der Waals surface area contributed by atoms with Gasteiger partial charge < -0.3 is 26.2 Å². The Morgan fingerprint density at radius 1 is 0.701 bits per heavy atom. The number of azo groups is 1. The Balaban J connectivity index is 0.00000308. The van der Waals surface area contributed by atoms with E-state index >= 15 is 0 Å². The standard InChI is InChI=1S/C38H26N8O14S2.2Cu.3Na/c1-17-33(42-40-27-5-3-2-4-23(27)37(51)52)36(50)46(45-17)19-7-9-22-25(13-19)32(62(58,59)60)16-31(49)35(22)44-43-34-21-10-8-20(61(55,56)57)14-24(21)28(15-30(34)48)41-39-18-6-11-29(47)26(12-18)38(53)54;;;;;/h2-16,33,39,41,47H,1H3,(H,51,52)(H,53,54)(H,55,56,57)(H,58,59,60);;;;;/q;;;3*+1/b42-40?,43-34+,44-35+;;;;;. The zero-order valence-electron chi connectivity index (χ0n) is 34.8. The summed E-state index contributed by atoms with van der Waals surface area (Å²) in [7, 11) is -9.93. The van der Waals surface area contributed by atoms with Crippen LogP contribution in [0, 0.1) is 0 Å². The predicted octanol–water partition coefficient (Wildman–Crippen LogP) is -5.54. The Morgan fingerprint density at radius 3 is 1.91 bits per heavy atom. The van der Waals surface area contributed by atoms with E-state index in [1.165, 1.54) is 49.4 Å². The third kappa shape index (κ3) is 12.6. The second-order valence-electron chi connectivity index (χ2n) is 13.2. The number of aromatic carboxylic acids is 2. The number of carbonyl (C=O) groups excluding carboxylic acids is 3. The molecule has 0 aromatic heterocycles. The van der Waals surface area contributed by atoms with E-state index in [2.05, 4.69) is 36.4 Å². The topological polar surface area (TPSA) is 344 Å². The van der Waals surface area contributed by atoms with Crippen molar-refractivity contribution in [2.24, 2.45) is 25.5 Å². The molecule has 1 amide bonds. The van der Waals surface area contributed by atoms with Gasteiger partial charge in [-0.05, 0) is 67.6 Å². The number of nitrogens with one attached hydrogen (secondary N) is 2. The van der Waals surface area contributed by atoms with Crippen LogP contribution in [0.1, 0.15) is 49.9 Å². The van der Waals surface area contributed by atoms with Gasteiger partial charge in [-0.3, -0.25) is 23.5 Å². The fraction of sp³-hybridized carbons (Fsp3) is 0.0526. The number of aromatic hydroxyl groups is 1. The number of hydrazine groups is 1. The van der Waals surface area contributed by atoms with Crippen LogP contribution in [0.5, 0.6) is 5.75 Å². The number of nitrogens with zero attached hydrogens (tertiary/aromatic N) is 6. The van der Waals surface area contributed by atoms with Gasteiger partial charge in [0.25, 0.3) is 26.1 Å². The molecule has 3 aliphatic rings. The van der Waals surface area contributed by atoms with Crippen molar-refractivity contribution in [3.63, 3.8) is 0 Å². The van der Waals surface area contributed by atoms with E-state index in [-0.39, 0.29) is 179 Å². The van der Waals surface area contributed by atoms with Gasteiger partial charge in [0.1, 0.15) is 27.6 Å². The molecule has 0 saturated heterocycles. The van der Waals surface area contributed by atoms with Crippen LogP contribution < -0.4 is 105 Å². The number of benzene rings is 4. The quantitative estimate of drug-likeness (QED) is 0.0242. The molecule has 0 saturated carbocycles. The molecule has 22 nitrogen and oxygen atoms in total. The largest absolute Gasteiger partial charge is 1.00 e. The van der Waals surface area contributed by atoms with Crippen LogP contribution in [0.2, 0.25) is 0 Å². The van der Waals surface area contributed by atoms with Crippen molar-refractivity contribution in [2.45, 2.75) is 17.9 Å². The zero-order chi connectivity index (χ0) is 44.8. The Labute approximate surface area is 466 Å². The molecular formula is C38H26Cu2N8Na3O14S2+3. The van der Waals surface area contributed by atoms with Crippen molar-refractivity contribution < 1.29 is 188 Å². The maximum Gasteiger partial charge on any atom is 1.00 e. The number of rotatable bonds is 11. The van der Waals surface area contributed by atoms with Crippen LogP contribution in [-0.4, -0.2) is 93.8 Å². The Hall–Kier alpha value is -4.02. The molecule has 1 heterocycles. The van der Waals surface area contributed by atoms with E-state index in [0.29, 0.717) is 6.08 Å². The second-order valence-corrected chi connectivity index (χ2v) is 16.0. The van der Waals surface area contributed by atoms with Crippen molar-refractivity contribution >= 4 is 94.4 Å². The zero-order valence-corrected chi connectivity index (χ0v) is 44.3. The number of allylic oxidation sites excluding steroid dienone is 2. The first-order valence-corrected chi connectivity index (χ1v) is 20.2. The van der Waals surface area contributed by atoms with Crippen molar-refractivity contribution in [1.29, 1.82) is 0 Å². The maximum atomic E-state index is 13.6. The fourth-order valence-corrected chi connectivity index (χ4v) is 7.49. The molecular weight excluding hydrogens is 1050 g/mol. The first kappa shape index (κ1) is 59.1. The number of hydrazone groups is 1. The summed E-state index contributed by atoms with van der Waals surface area (Å²) >= 11 is 0. The average molecular weight is 1080 g/mol. The number of anilines is 2. The molecule has 1 atom stereocenters. The molecule has 2 radical (unpaired) electrons. The fourth-order valence-electron chi connectivity index (χ4n) is 6.28. The molecule has 7 rings (SSSR count). The van der Waals surface area contributed by atoms with E-state index in [1.54, 1.807) is 0 Å². The molecule has 2 aliphatic carbocycles. The Morgan fingerprint density at radius 2 is 1.30 bits per heavy atom. The normalized spacial score (nSPS) is 16.4. The minimum Gasteiger partial charge on any atom is -0.507 e. The molecule has 29 heteroatoms.